The van der Waals surface area contributed by atoms with Crippen molar-refractivity contribution in [3.8, 4) is 11.5 Å². The van der Waals surface area contributed by atoms with E-state index < -0.39 is 11.9 Å². The van der Waals surface area contributed by atoms with Gasteiger partial charge >= 0.3 is 0 Å². The molecule has 1 unspecified atom stereocenters. The first-order chi connectivity index (χ1) is 10.0. The summed E-state index contributed by atoms with van der Waals surface area (Å²) in [5.41, 5.74) is 6.68. The number of nitrogens with one attached hydrogen (secondary N) is 1. The zero-order chi connectivity index (χ0) is 15.4. The molecule has 0 aliphatic rings. The Morgan fingerprint density at radius 3 is 2.71 bits per heavy atom. The number of benzene rings is 2. The number of amides is 1. The smallest absolute Gasteiger partial charge is 0.244 e. The lowest BCUT2D eigenvalue weighted by molar-refractivity contribution is -0.118. The van der Waals surface area contributed by atoms with Crippen LogP contribution in [0.3, 0.4) is 0 Å². The minimum Gasteiger partial charge on any atom is -0.506 e. The third-order valence-electron chi connectivity index (χ3n) is 2.97. The Hall–Kier alpha value is -2.40. The molecule has 0 fully saturated rings. The van der Waals surface area contributed by atoms with Crippen molar-refractivity contribution in [3.05, 3.63) is 53.1 Å². The van der Waals surface area contributed by atoms with E-state index in [1.165, 1.54) is 12.1 Å². The molecule has 0 spiro atoms. The van der Waals surface area contributed by atoms with E-state index in [-0.39, 0.29) is 10.8 Å². The van der Waals surface area contributed by atoms with E-state index in [0.29, 0.717) is 17.0 Å². The predicted molar refractivity (Wildman–Crippen MR) is 81.7 cm³/mol. The normalized spacial score (nSPS) is 11.7. The standard InChI is InChI=1S/C15H15ClN2O3/c1-21-11-4-2-3-10(8-11)18-14(15(17)20)9-5-6-13(19)12(16)7-9/h2-8,14,18-19H,1H3,(H2,17,20). The van der Waals surface area contributed by atoms with Crippen LogP contribution < -0.4 is 15.8 Å². The number of carbonyl (C=O) groups is 1. The molecule has 0 aromatic heterocycles. The van der Waals surface area contributed by atoms with Crippen molar-refractivity contribution in [2.45, 2.75) is 6.04 Å². The maximum atomic E-state index is 11.7. The van der Waals surface area contributed by atoms with Crippen molar-refractivity contribution in [2.24, 2.45) is 5.73 Å². The molecule has 2 aromatic rings. The van der Waals surface area contributed by atoms with Gasteiger partial charge in [-0.3, -0.25) is 4.79 Å². The van der Waals surface area contributed by atoms with Crippen LogP contribution in [0.4, 0.5) is 5.69 Å². The summed E-state index contributed by atoms with van der Waals surface area (Å²) in [5.74, 6) is 0.0524. The summed E-state index contributed by atoms with van der Waals surface area (Å²) < 4.78 is 5.13. The molecule has 0 bridgehead atoms. The van der Waals surface area contributed by atoms with E-state index in [1.54, 1.807) is 37.4 Å². The summed E-state index contributed by atoms with van der Waals surface area (Å²) in [6.45, 7) is 0. The van der Waals surface area contributed by atoms with E-state index in [9.17, 15) is 9.90 Å². The van der Waals surface area contributed by atoms with Crippen molar-refractivity contribution in [1.29, 1.82) is 0 Å². The number of hydrogen-bond donors (Lipinski definition) is 3. The van der Waals surface area contributed by atoms with Crippen molar-refractivity contribution in [2.75, 3.05) is 12.4 Å². The summed E-state index contributed by atoms with van der Waals surface area (Å²) in [5, 5.41) is 12.6. The highest BCUT2D eigenvalue weighted by Crippen LogP contribution is 2.29. The number of hydrogen-bond acceptors (Lipinski definition) is 4. The molecule has 4 N–H and O–H groups in total. The fourth-order valence-electron chi connectivity index (χ4n) is 1.90. The van der Waals surface area contributed by atoms with Crippen molar-refractivity contribution in [3.63, 3.8) is 0 Å². The van der Waals surface area contributed by atoms with Crippen LogP contribution in [0.1, 0.15) is 11.6 Å². The first kappa shape index (κ1) is 15.0. The number of carbonyl (C=O) groups excluding carboxylic acids is 1. The van der Waals surface area contributed by atoms with Gasteiger partial charge in [0, 0.05) is 11.8 Å². The second kappa shape index (κ2) is 6.37. The predicted octanol–water partition coefficient (Wildman–Crippen LogP) is 2.69. The molecule has 0 heterocycles. The summed E-state index contributed by atoms with van der Waals surface area (Å²) in [4.78, 5) is 11.7. The highest BCUT2D eigenvalue weighted by atomic mass is 35.5. The number of ether oxygens (including phenoxy) is 1. The lowest BCUT2D eigenvalue weighted by Crippen LogP contribution is -2.27. The van der Waals surface area contributed by atoms with Crippen LogP contribution in [-0.2, 0) is 4.79 Å². The van der Waals surface area contributed by atoms with Crippen LogP contribution >= 0.6 is 11.6 Å². The number of nitrogens with two attached hydrogens (primary N) is 1. The first-order valence-electron chi connectivity index (χ1n) is 6.19. The molecule has 0 saturated carbocycles. The molecule has 0 aliphatic carbocycles. The number of rotatable bonds is 5. The molecule has 0 saturated heterocycles. The van der Waals surface area contributed by atoms with Gasteiger partial charge in [0.25, 0.3) is 0 Å². The minimum absolute atomic E-state index is 0.0509. The van der Waals surface area contributed by atoms with E-state index in [2.05, 4.69) is 5.32 Å². The monoisotopic (exact) mass is 306 g/mol. The Morgan fingerprint density at radius 2 is 2.10 bits per heavy atom. The van der Waals surface area contributed by atoms with Crippen LogP contribution in [0, 0.1) is 0 Å². The van der Waals surface area contributed by atoms with Gasteiger partial charge in [0.15, 0.2) is 0 Å². The average molecular weight is 307 g/mol. The summed E-state index contributed by atoms with van der Waals surface area (Å²) in [7, 11) is 1.56. The molecular weight excluding hydrogens is 292 g/mol. The molecule has 1 amide bonds. The lowest BCUT2D eigenvalue weighted by Gasteiger charge is -2.18. The highest BCUT2D eigenvalue weighted by molar-refractivity contribution is 6.32. The van der Waals surface area contributed by atoms with E-state index >= 15 is 0 Å². The van der Waals surface area contributed by atoms with Crippen molar-refractivity contribution < 1.29 is 14.6 Å². The fraction of sp³-hybridized carbons (Fsp3) is 0.133. The zero-order valence-electron chi connectivity index (χ0n) is 11.3. The molecule has 2 rings (SSSR count). The van der Waals surface area contributed by atoms with Gasteiger partial charge in [-0.15, -0.1) is 0 Å². The Balaban J connectivity index is 2.30. The Bertz CT molecular complexity index is 661. The number of halogens is 1. The number of anilines is 1. The van der Waals surface area contributed by atoms with Crippen LogP contribution in [0.2, 0.25) is 5.02 Å². The molecular formula is C15H15ClN2O3. The summed E-state index contributed by atoms with van der Waals surface area (Å²) in [6.07, 6.45) is 0. The number of methoxy groups -OCH3 is 1. The van der Waals surface area contributed by atoms with Crippen molar-refractivity contribution in [1.82, 2.24) is 0 Å². The summed E-state index contributed by atoms with van der Waals surface area (Å²) >= 11 is 5.86. The van der Waals surface area contributed by atoms with Gasteiger partial charge in [-0.1, -0.05) is 23.7 Å². The molecule has 2 aromatic carbocycles. The third kappa shape index (κ3) is 3.58. The van der Waals surface area contributed by atoms with E-state index in [4.69, 9.17) is 22.1 Å². The van der Waals surface area contributed by atoms with Gasteiger partial charge in [0.05, 0.1) is 12.1 Å². The zero-order valence-corrected chi connectivity index (χ0v) is 12.1. The largest absolute Gasteiger partial charge is 0.506 e. The molecule has 0 aliphatic heterocycles. The Kier molecular flexibility index (Phi) is 4.55. The average Bonchev–Trinajstić information content (AvgIpc) is 2.47. The molecule has 5 nitrogen and oxygen atoms in total. The SMILES string of the molecule is COc1cccc(NC(C(N)=O)c2ccc(O)c(Cl)c2)c1. The Morgan fingerprint density at radius 1 is 1.33 bits per heavy atom. The van der Waals surface area contributed by atoms with Gasteiger partial charge in [0.1, 0.15) is 17.5 Å². The second-order valence-electron chi connectivity index (χ2n) is 4.42. The van der Waals surface area contributed by atoms with Crippen LogP contribution in [0.5, 0.6) is 11.5 Å². The maximum absolute atomic E-state index is 11.7. The highest BCUT2D eigenvalue weighted by Gasteiger charge is 2.19. The third-order valence-corrected chi connectivity index (χ3v) is 3.27. The molecule has 110 valence electrons. The van der Waals surface area contributed by atoms with E-state index in [1.807, 2.05) is 0 Å². The minimum atomic E-state index is -0.768. The molecule has 6 heteroatoms. The van der Waals surface area contributed by atoms with Crippen LogP contribution in [0.15, 0.2) is 42.5 Å². The maximum Gasteiger partial charge on any atom is 0.244 e. The lowest BCUT2D eigenvalue weighted by atomic mass is 10.1. The first-order valence-corrected chi connectivity index (χ1v) is 6.57. The van der Waals surface area contributed by atoms with Gasteiger partial charge < -0.3 is 20.9 Å². The molecule has 0 radical (unpaired) electrons. The van der Waals surface area contributed by atoms with Crippen LogP contribution in [-0.4, -0.2) is 18.1 Å². The van der Waals surface area contributed by atoms with Gasteiger partial charge in [-0.2, -0.15) is 0 Å². The van der Waals surface area contributed by atoms with Gasteiger partial charge in [0.2, 0.25) is 5.91 Å². The van der Waals surface area contributed by atoms with E-state index in [0.717, 1.165) is 0 Å². The Labute approximate surface area is 127 Å². The second-order valence-corrected chi connectivity index (χ2v) is 4.83. The van der Waals surface area contributed by atoms with Gasteiger partial charge in [-0.05, 0) is 29.8 Å². The number of phenols is 1. The number of primary amides is 1. The number of phenolic OH excluding ortho intramolecular Hbond substituents is 1. The fourth-order valence-corrected chi connectivity index (χ4v) is 2.09. The quantitative estimate of drug-likeness (QED) is 0.793. The van der Waals surface area contributed by atoms with Crippen molar-refractivity contribution >= 4 is 23.2 Å². The molecule has 1 atom stereocenters. The summed E-state index contributed by atoms with van der Waals surface area (Å²) in [6, 6.07) is 10.9. The topological polar surface area (TPSA) is 84.6 Å². The number of aromatic hydroxyl groups is 1. The molecule has 21 heavy (non-hydrogen) atoms. The van der Waals surface area contributed by atoms with Crippen LogP contribution in [0.25, 0.3) is 0 Å². The van der Waals surface area contributed by atoms with Gasteiger partial charge in [-0.25, -0.2) is 0 Å².